The molecule has 0 aliphatic carbocycles. The quantitative estimate of drug-likeness (QED) is 0.719. The van der Waals surface area contributed by atoms with Crippen molar-refractivity contribution in [2.45, 2.75) is 13.8 Å². The van der Waals surface area contributed by atoms with Gasteiger partial charge < -0.3 is 10.3 Å². The molecule has 0 saturated carbocycles. The molecule has 14 heavy (non-hydrogen) atoms. The molecule has 1 amide bonds. The van der Waals surface area contributed by atoms with Crippen molar-refractivity contribution < 1.29 is 4.79 Å². The molecule has 0 aromatic carbocycles. The van der Waals surface area contributed by atoms with Crippen LogP contribution in [0.3, 0.4) is 0 Å². The summed E-state index contributed by atoms with van der Waals surface area (Å²) in [7, 11) is 0. The van der Waals surface area contributed by atoms with Gasteiger partial charge in [0.2, 0.25) is 5.91 Å². The lowest BCUT2D eigenvalue weighted by molar-refractivity contribution is -0.114. The average molecular weight is 189 g/mol. The average Bonchev–Trinajstić information content (AvgIpc) is 2.42. The van der Waals surface area contributed by atoms with Crippen LogP contribution in [0.2, 0.25) is 0 Å². The number of carbonyl (C=O) groups excluding carboxylic acids is 1. The molecule has 0 unspecified atom stereocenters. The van der Waals surface area contributed by atoms with Gasteiger partial charge in [-0.15, -0.1) is 0 Å². The van der Waals surface area contributed by atoms with Crippen molar-refractivity contribution in [1.82, 2.24) is 9.97 Å². The number of amides is 1. The van der Waals surface area contributed by atoms with E-state index in [4.69, 9.17) is 0 Å². The van der Waals surface area contributed by atoms with Gasteiger partial charge >= 0.3 is 0 Å². The van der Waals surface area contributed by atoms with Crippen molar-refractivity contribution in [3.63, 3.8) is 0 Å². The van der Waals surface area contributed by atoms with Crippen LogP contribution < -0.4 is 5.32 Å². The van der Waals surface area contributed by atoms with Crippen LogP contribution >= 0.6 is 0 Å². The van der Waals surface area contributed by atoms with Crippen molar-refractivity contribution >= 4 is 22.6 Å². The van der Waals surface area contributed by atoms with Gasteiger partial charge in [-0.05, 0) is 19.1 Å². The first kappa shape index (κ1) is 8.74. The summed E-state index contributed by atoms with van der Waals surface area (Å²) < 4.78 is 0. The molecule has 2 rings (SSSR count). The maximum absolute atomic E-state index is 10.8. The topological polar surface area (TPSA) is 57.8 Å². The summed E-state index contributed by atoms with van der Waals surface area (Å²) in [4.78, 5) is 18.1. The second kappa shape index (κ2) is 3.14. The number of anilines is 1. The molecule has 0 atom stereocenters. The van der Waals surface area contributed by atoms with Gasteiger partial charge in [-0.2, -0.15) is 0 Å². The molecule has 0 aliphatic heterocycles. The number of aryl methyl sites for hydroxylation is 1. The minimum atomic E-state index is -0.0848. The first-order chi connectivity index (χ1) is 6.65. The van der Waals surface area contributed by atoms with Crippen molar-refractivity contribution in [1.29, 1.82) is 0 Å². The summed E-state index contributed by atoms with van der Waals surface area (Å²) >= 11 is 0. The Morgan fingerprint density at radius 2 is 2.29 bits per heavy atom. The normalized spacial score (nSPS) is 10.4. The molecule has 2 aromatic heterocycles. The van der Waals surface area contributed by atoms with E-state index in [1.54, 1.807) is 6.20 Å². The van der Waals surface area contributed by atoms with Gasteiger partial charge in [-0.25, -0.2) is 4.98 Å². The fourth-order valence-electron chi connectivity index (χ4n) is 1.42. The minimum Gasteiger partial charge on any atom is -0.344 e. The highest BCUT2D eigenvalue weighted by atomic mass is 16.1. The van der Waals surface area contributed by atoms with Crippen molar-refractivity contribution in [3.05, 3.63) is 24.0 Å². The molecule has 0 saturated heterocycles. The number of fused-ring (bicyclic) bond motifs is 1. The van der Waals surface area contributed by atoms with Crippen LogP contribution in [0.1, 0.15) is 12.6 Å². The van der Waals surface area contributed by atoms with Crippen molar-refractivity contribution in [2.75, 3.05) is 5.32 Å². The third-order valence-electron chi connectivity index (χ3n) is 1.93. The van der Waals surface area contributed by atoms with Crippen LogP contribution in [0.15, 0.2) is 18.3 Å². The van der Waals surface area contributed by atoms with Crippen molar-refractivity contribution in [2.24, 2.45) is 0 Å². The van der Waals surface area contributed by atoms with E-state index in [1.807, 2.05) is 19.1 Å². The summed E-state index contributed by atoms with van der Waals surface area (Å²) in [5.74, 6) is -0.0848. The number of pyridine rings is 1. The van der Waals surface area contributed by atoms with Gasteiger partial charge in [-0.1, -0.05) is 0 Å². The number of aromatic amines is 1. The first-order valence-corrected chi connectivity index (χ1v) is 4.38. The summed E-state index contributed by atoms with van der Waals surface area (Å²) in [6.07, 6.45) is 1.64. The fourth-order valence-corrected chi connectivity index (χ4v) is 1.42. The lowest BCUT2D eigenvalue weighted by atomic mass is 10.3. The lowest BCUT2D eigenvalue weighted by Gasteiger charge is -1.99. The molecule has 0 bridgehead atoms. The molecule has 0 radical (unpaired) electrons. The molecule has 72 valence electrons. The second-order valence-electron chi connectivity index (χ2n) is 3.30. The highest BCUT2D eigenvalue weighted by Crippen LogP contribution is 2.16. The molecule has 2 aromatic rings. The number of nitrogens with one attached hydrogen (secondary N) is 2. The lowest BCUT2D eigenvalue weighted by Crippen LogP contribution is -2.05. The zero-order valence-electron chi connectivity index (χ0n) is 8.09. The molecular weight excluding hydrogens is 178 g/mol. The Kier molecular flexibility index (Phi) is 1.96. The number of hydrogen-bond donors (Lipinski definition) is 2. The molecule has 4 nitrogen and oxygen atoms in total. The van der Waals surface area contributed by atoms with Gasteiger partial charge in [-0.3, -0.25) is 4.79 Å². The number of hydrogen-bond acceptors (Lipinski definition) is 2. The molecule has 0 aliphatic rings. The van der Waals surface area contributed by atoms with E-state index in [0.717, 1.165) is 22.4 Å². The number of nitrogens with zero attached hydrogens (tertiary/aromatic N) is 1. The summed E-state index contributed by atoms with van der Waals surface area (Å²) in [6.45, 7) is 3.45. The zero-order valence-corrected chi connectivity index (χ0v) is 8.09. The Labute approximate surface area is 81.3 Å². The van der Waals surface area contributed by atoms with E-state index in [-0.39, 0.29) is 5.91 Å². The predicted octanol–water partition coefficient (Wildman–Crippen LogP) is 1.83. The number of carbonyl (C=O) groups is 1. The highest BCUT2D eigenvalue weighted by molar-refractivity contribution is 5.91. The van der Waals surface area contributed by atoms with E-state index >= 15 is 0 Å². The summed E-state index contributed by atoms with van der Waals surface area (Å²) in [5.41, 5.74) is 2.63. The zero-order chi connectivity index (χ0) is 10.1. The van der Waals surface area contributed by atoms with Gasteiger partial charge in [0.25, 0.3) is 0 Å². The van der Waals surface area contributed by atoms with E-state index in [0.29, 0.717) is 0 Å². The Balaban J connectivity index is 2.45. The standard InChI is InChI=1S/C10H11N3O/c1-6-3-8-4-9(13-7(2)14)5-11-10(8)12-6/h3-5H,1-2H3,(H,11,12)(H,13,14). The SMILES string of the molecule is CC(=O)Nc1cnc2[nH]c(C)cc2c1. The highest BCUT2D eigenvalue weighted by Gasteiger charge is 2.01. The van der Waals surface area contributed by atoms with Crippen LogP contribution in [0, 0.1) is 6.92 Å². The number of H-pyrrole nitrogens is 1. The number of aromatic nitrogens is 2. The van der Waals surface area contributed by atoms with Gasteiger partial charge in [0.15, 0.2) is 0 Å². The van der Waals surface area contributed by atoms with E-state index in [9.17, 15) is 4.79 Å². The van der Waals surface area contributed by atoms with Gasteiger partial charge in [0.1, 0.15) is 5.65 Å². The fraction of sp³-hybridized carbons (Fsp3) is 0.200. The summed E-state index contributed by atoms with van der Waals surface area (Å²) in [6, 6.07) is 3.89. The maximum atomic E-state index is 10.8. The molecular formula is C10H11N3O. The molecule has 0 fully saturated rings. The second-order valence-corrected chi connectivity index (χ2v) is 3.30. The van der Waals surface area contributed by atoms with Crippen LogP contribution in [-0.2, 0) is 4.79 Å². The van der Waals surface area contributed by atoms with Gasteiger partial charge in [0, 0.05) is 18.0 Å². The monoisotopic (exact) mass is 189 g/mol. The Morgan fingerprint density at radius 1 is 1.50 bits per heavy atom. The Hall–Kier alpha value is -1.84. The van der Waals surface area contributed by atoms with Crippen LogP contribution in [0.5, 0.6) is 0 Å². The Bertz CT molecular complexity index is 487. The third kappa shape index (κ3) is 1.59. The van der Waals surface area contributed by atoms with Crippen LogP contribution in [-0.4, -0.2) is 15.9 Å². The molecule has 2 N–H and O–H groups in total. The predicted molar refractivity (Wildman–Crippen MR) is 55.1 cm³/mol. The smallest absolute Gasteiger partial charge is 0.221 e. The van der Waals surface area contributed by atoms with E-state index in [2.05, 4.69) is 15.3 Å². The largest absolute Gasteiger partial charge is 0.344 e. The van der Waals surface area contributed by atoms with E-state index in [1.165, 1.54) is 6.92 Å². The molecule has 2 heterocycles. The van der Waals surface area contributed by atoms with Gasteiger partial charge in [0.05, 0.1) is 11.9 Å². The van der Waals surface area contributed by atoms with Crippen LogP contribution in [0.4, 0.5) is 5.69 Å². The third-order valence-corrected chi connectivity index (χ3v) is 1.93. The first-order valence-electron chi connectivity index (χ1n) is 4.38. The molecule has 0 spiro atoms. The summed E-state index contributed by atoms with van der Waals surface area (Å²) in [5, 5.41) is 3.70. The molecule has 4 heteroatoms. The van der Waals surface area contributed by atoms with Crippen LogP contribution in [0.25, 0.3) is 11.0 Å². The number of rotatable bonds is 1. The van der Waals surface area contributed by atoms with E-state index < -0.39 is 0 Å². The Morgan fingerprint density at radius 3 is 3.00 bits per heavy atom. The minimum absolute atomic E-state index is 0.0848. The maximum Gasteiger partial charge on any atom is 0.221 e. The van der Waals surface area contributed by atoms with Crippen molar-refractivity contribution in [3.8, 4) is 0 Å².